The van der Waals surface area contributed by atoms with Gasteiger partial charge in [-0.25, -0.2) is 4.79 Å². The van der Waals surface area contributed by atoms with Gasteiger partial charge in [-0.2, -0.15) is 11.3 Å². The van der Waals surface area contributed by atoms with E-state index in [1.165, 1.54) is 24.5 Å². The summed E-state index contributed by atoms with van der Waals surface area (Å²) >= 11 is 1.42. The lowest BCUT2D eigenvalue weighted by Crippen LogP contribution is -2.26. The number of esters is 1. The molecule has 7 nitrogen and oxygen atoms in total. The summed E-state index contributed by atoms with van der Waals surface area (Å²) in [6.45, 7) is 0.105. The highest BCUT2D eigenvalue weighted by Crippen LogP contribution is 2.23. The molecule has 0 unspecified atom stereocenters. The second-order valence-electron chi connectivity index (χ2n) is 5.63. The first-order valence-corrected chi connectivity index (χ1v) is 9.08. The van der Waals surface area contributed by atoms with Crippen LogP contribution in [0.3, 0.4) is 0 Å². The number of carbonyl (C=O) groups excluding carboxylic acids is 2. The number of amides is 1. The van der Waals surface area contributed by atoms with E-state index in [1.807, 2.05) is 0 Å². The van der Waals surface area contributed by atoms with E-state index in [0.717, 1.165) is 0 Å². The van der Waals surface area contributed by atoms with Crippen molar-refractivity contribution < 1.29 is 23.5 Å². The minimum absolute atomic E-state index is 0.0308. The highest BCUT2D eigenvalue weighted by atomic mass is 32.1. The Balaban J connectivity index is 1.57. The lowest BCUT2D eigenvalue weighted by Gasteiger charge is -2.08. The standard InChI is InChI=1S/C19H17NO6S/c1-24-14-2-3-15-13(8-18(22)26-16(15)9-14)10-25-17(21)4-6-20-19(23)12-5-7-27-11-12/h2-3,5,7-9,11H,4,6,10H2,1H3,(H,20,23). The largest absolute Gasteiger partial charge is 0.497 e. The maximum absolute atomic E-state index is 11.9. The van der Waals surface area contributed by atoms with Crippen LogP contribution >= 0.6 is 11.3 Å². The van der Waals surface area contributed by atoms with Crippen LogP contribution in [0.4, 0.5) is 0 Å². The first kappa shape index (κ1) is 18.7. The van der Waals surface area contributed by atoms with Crippen LogP contribution in [0, 0.1) is 0 Å². The number of rotatable bonds is 7. The third-order valence-electron chi connectivity index (χ3n) is 3.82. The highest BCUT2D eigenvalue weighted by molar-refractivity contribution is 7.08. The minimum Gasteiger partial charge on any atom is -0.497 e. The number of hydrogen-bond acceptors (Lipinski definition) is 7. The van der Waals surface area contributed by atoms with E-state index < -0.39 is 11.6 Å². The van der Waals surface area contributed by atoms with Gasteiger partial charge in [-0.1, -0.05) is 0 Å². The number of thiophene rings is 1. The minimum atomic E-state index is -0.537. The molecule has 1 N–H and O–H groups in total. The van der Waals surface area contributed by atoms with Crippen LogP contribution in [-0.4, -0.2) is 25.5 Å². The average molecular weight is 387 g/mol. The number of hydrogen-bond donors (Lipinski definition) is 1. The second kappa shape index (κ2) is 8.50. The molecule has 8 heteroatoms. The zero-order valence-electron chi connectivity index (χ0n) is 14.5. The fourth-order valence-electron chi connectivity index (χ4n) is 2.46. The van der Waals surface area contributed by atoms with Gasteiger partial charge in [0.15, 0.2) is 0 Å². The van der Waals surface area contributed by atoms with Crippen LogP contribution in [0.1, 0.15) is 22.3 Å². The molecule has 0 saturated heterocycles. The Morgan fingerprint density at radius 2 is 2.07 bits per heavy atom. The molecule has 0 aliphatic heterocycles. The van der Waals surface area contributed by atoms with Crippen molar-refractivity contribution in [2.75, 3.05) is 13.7 Å². The number of benzene rings is 1. The van der Waals surface area contributed by atoms with Crippen molar-refractivity contribution in [2.24, 2.45) is 0 Å². The van der Waals surface area contributed by atoms with Crippen LogP contribution in [0.25, 0.3) is 11.0 Å². The van der Waals surface area contributed by atoms with E-state index in [1.54, 1.807) is 35.0 Å². The van der Waals surface area contributed by atoms with Gasteiger partial charge in [0, 0.05) is 40.6 Å². The molecule has 0 saturated carbocycles. The third kappa shape index (κ3) is 4.73. The number of methoxy groups -OCH3 is 1. The van der Waals surface area contributed by atoms with Gasteiger partial charge in [-0.05, 0) is 23.6 Å². The number of fused-ring (bicyclic) bond motifs is 1. The molecule has 140 valence electrons. The number of nitrogens with one attached hydrogen (secondary N) is 1. The Morgan fingerprint density at radius 3 is 2.81 bits per heavy atom. The van der Waals surface area contributed by atoms with Crippen LogP contribution in [0.5, 0.6) is 5.75 Å². The SMILES string of the molecule is COc1ccc2c(COC(=O)CCNC(=O)c3ccsc3)cc(=O)oc2c1. The maximum atomic E-state index is 11.9. The summed E-state index contributed by atoms with van der Waals surface area (Å²) in [7, 11) is 1.52. The Morgan fingerprint density at radius 1 is 1.22 bits per heavy atom. The molecule has 1 amide bonds. The molecule has 0 aliphatic carbocycles. The van der Waals surface area contributed by atoms with Crippen molar-refractivity contribution in [1.29, 1.82) is 0 Å². The molecule has 1 aromatic carbocycles. The molecule has 2 heterocycles. The van der Waals surface area contributed by atoms with Crippen LogP contribution in [0.15, 0.2) is 50.3 Å². The quantitative estimate of drug-likeness (QED) is 0.495. The van der Waals surface area contributed by atoms with Crippen molar-refractivity contribution >= 4 is 34.2 Å². The second-order valence-corrected chi connectivity index (χ2v) is 6.41. The van der Waals surface area contributed by atoms with E-state index >= 15 is 0 Å². The van der Waals surface area contributed by atoms with Gasteiger partial charge in [0.05, 0.1) is 13.5 Å². The van der Waals surface area contributed by atoms with E-state index in [2.05, 4.69) is 5.32 Å². The molecule has 0 radical (unpaired) electrons. The summed E-state index contributed by atoms with van der Waals surface area (Å²) in [5, 5.41) is 6.85. The molecule has 0 bridgehead atoms. The van der Waals surface area contributed by atoms with Crippen LogP contribution in [0.2, 0.25) is 0 Å². The van der Waals surface area contributed by atoms with Crippen molar-refractivity contribution in [1.82, 2.24) is 5.32 Å². The van der Waals surface area contributed by atoms with E-state index in [4.69, 9.17) is 13.9 Å². The summed E-state index contributed by atoms with van der Waals surface area (Å²) in [5.41, 5.74) is 0.923. The highest BCUT2D eigenvalue weighted by Gasteiger charge is 2.11. The lowest BCUT2D eigenvalue weighted by molar-refractivity contribution is -0.144. The van der Waals surface area contributed by atoms with Crippen LogP contribution < -0.4 is 15.7 Å². The summed E-state index contributed by atoms with van der Waals surface area (Å²) in [6.07, 6.45) is 0.0308. The predicted octanol–water partition coefficient (Wildman–Crippen LogP) is 2.73. The number of carbonyl (C=O) groups is 2. The zero-order chi connectivity index (χ0) is 19.2. The molecule has 27 heavy (non-hydrogen) atoms. The Bertz CT molecular complexity index is 1010. The summed E-state index contributed by atoms with van der Waals surface area (Å²) < 4.78 is 15.5. The third-order valence-corrected chi connectivity index (χ3v) is 4.51. The number of ether oxygens (including phenoxy) is 2. The molecule has 0 atom stereocenters. The summed E-state index contributed by atoms with van der Waals surface area (Å²) in [4.78, 5) is 35.4. The average Bonchev–Trinajstić information content (AvgIpc) is 3.20. The fraction of sp³-hybridized carbons (Fsp3) is 0.211. The van der Waals surface area contributed by atoms with Gasteiger partial charge < -0.3 is 19.2 Å². The molecular formula is C19H17NO6S. The van der Waals surface area contributed by atoms with Gasteiger partial charge in [0.2, 0.25) is 0 Å². The van der Waals surface area contributed by atoms with Crippen molar-refractivity contribution in [3.63, 3.8) is 0 Å². The van der Waals surface area contributed by atoms with Gasteiger partial charge in [0.25, 0.3) is 5.91 Å². The Hall–Kier alpha value is -3.13. The monoisotopic (exact) mass is 387 g/mol. The summed E-state index contributed by atoms with van der Waals surface area (Å²) in [6, 6.07) is 8.07. The van der Waals surface area contributed by atoms with Crippen molar-refractivity contribution in [3.8, 4) is 5.75 Å². The normalized spacial score (nSPS) is 10.6. The molecule has 0 aliphatic rings. The smallest absolute Gasteiger partial charge is 0.336 e. The first-order chi connectivity index (χ1) is 13.1. The van der Waals surface area contributed by atoms with Gasteiger partial charge >= 0.3 is 11.6 Å². The molecular weight excluding hydrogens is 370 g/mol. The van der Waals surface area contributed by atoms with Crippen molar-refractivity contribution in [3.05, 3.63) is 62.6 Å². The molecule has 3 aromatic rings. The first-order valence-electron chi connectivity index (χ1n) is 8.13. The predicted molar refractivity (Wildman–Crippen MR) is 100 cm³/mol. The van der Waals surface area contributed by atoms with Crippen LogP contribution in [-0.2, 0) is 16.1 Å². The molecule has 0 fully saturated rings. The topological polar surface area (TPSA) is 94.8 Å². The molecule has 3 rings (SSSR count). The Kier molecular flexibility index (Phi) is 5.87. The summed E-state index contributed by atoms with van der Waals surface area (Å²) in [5.74, 6) is -0.152. The van der Waals surface area contributed by atoms with E-state index in [9.17, 15) is 14.4 Å². The van der Waals surface area contributed by atoms with E-state index in [0.29, 0.717) is 27.8 Å². The zero-order valence-corrected chi connectivity index (χ0v) is 15.3. The van der Waals surface area contributed by atoms with Crippen molar-refractivity contribution in [2.45, 2.75) is 13.0 Å². The fourth-order valence-corrected chi connectivity index (χ4v) is 3.10. The van der Waals surface area contributed by atoms with Gasteiger partial charge in [-0.3, -0.25) is 9.59 Å². The van der Waals surface area contributed by atoms with Gasteiger partial charge in [-0.15, -0.1) is 0 Å². The lowest BCUT2D eigenvalue weighted by atomic mass is 10.1. The van der Waals surface area contributed by atoms with E-state index in [-0.39, 0.29) is 25.5 Å². The van der Waals surface area contributed by atoms with Gasteiger partial charge in [0.1, 0.15) is 17.9 Å². The Labute approximate surface area is 158 Å². The molecule has 2 aromatic heterocycles. The maximum Gasteiger partial charge on any atom is 0.336 e. The molecule has 0 spiro atoms.